The summed E-state index contributed by atoms with van der Waals surface area (Å²) in [5.41, 5.74) is 1.18. The SMILES string of the molecule is CCC1OCCC1C(Cc1ccc(F)cc1)NC. The second-order valence-electron chi connectivity index (χ2n) is 5.00. The van der Waals surface area contributed by atoms with Crippen LogP contribution in [0, 0.1) is 11.7 Å². The number of ether oxygens (including phenoxy) is 1. The van der Waals surface area contributed by atoms with E-state index in [0.717, 1.165) is 25.9 Å². The van der Waals surface area contributed by atoms with Gasteiger partial charge in [0.05, 0.1) is 6.10 Å². The van der Waals surface area contributed by atoms with Crippen LogP contribution in [0.25, 0.3) is 0 Å². The van der Waals surface area contributed by atoms with Crippen LogP contribution in [-0.4, -0.2) is 25.8 Å². The lowest BCUT2D eigenvalue weighted by Gasteiger charge is -2.27. The number of hydrogen-bond acceptors (Lipinski definition) is 2. The van der Waals surface area contributed by atoms with Gasteiger partial charge in [-0.05, 0) is 44.0 Å². The first-order chi connectivity index (χ1) is 8.74. The van der Waals surface area contributed by atoms with Crippen LogP contribution in [0.5, 0.6) is 0 Å². The van der Waals surface area contributed by atoms with Crippen molar-refractivity contribution in [2.45, 2.75) is 38.3 Å². The van der Waals surface area contributed by atoms with Crippen molar-refractivity contribution in [1.82, 2.24) is 5.32 Å². The van der Waals surface area contributed by atoms with Gasteiger partial charge in [-0.2, -0.15) is 0 Å². The highest BCUT2D eigenvalue weighted by Gasteiger charge is 2.32. The molecule has 18 heavy (non-hydrogen) atoms. The molecule has 100 valence electrons. The van der Waals surface area contributed by atoms with Crippen LogP contribution >= 0.6 is 0 Å². The minimum atomic E-state index is -0.171. The van der Waals surface area contributed by atoms with Crippen LogP contribution in [-0.2, 0) is 11.2 Å². The van der Waals surface area contributed by atoms with Crippen molar-refractivity contribution in [2.75, 3.05) is 13.7 Å². The van der Waals surface area contributed by atoms with Gasteiger partial charge in [0.1, 0.15) is 5.82 Å². The van der Waals surface area contributed by atoms with Gasteiger partial charge in [0.15, 0.2) is 0 Å². The second-order valence-corrected chi connectivity index (χ2v) is 5.00. The number of rotatable bonds is 5. The Morgan fingerprint density at radius 3 is 2.72 bits per heavy atom. The van der Waals surface area contributed by atoms with Gasteiger partial charge in [0.25, 0.3) is 0 Å². The first-order valence-electron chi connectivity index (χ1n) is 6.78. The first-order valence-corrected chi connectivity index (χ1v) is 6.78. The number of hydrogen-bond donors (Lipinski definition) is 1. The average Bonchev–Trinajstić information content (AvgIpc) is 2.86. The number of nitrogens with one attached hydrogen (secondary N) is 1. The topological polar surface area (TPSA) is 21.3 Å². The number of likely N-dealkylation sites (N-methyl/N-ethyl adjacent to an activating group) is 1. The van der Waals surface area contributed by atoms with Crippen molar-refractivity contribution in [1.29, 1.82) is 0 Å². The van der Waals surface area contributed by atoms with E-state index in [1.165, 1.54) is 17.7 Å². The Labute approximate surface area is 109 Å². The van der Waals surface area contributed by atoms with Crippen molar-refractivity contribution < 1.29 is 9.13 Å². The summed E-state index contributed by atoms with van der Waals surface area (Å²) in [4.78, 5) is 0. The predicted molar refractivity (Wildman–Crippen MR) is 71.1 cm³/mol. The molecule has 1 heterocycles. The maximum atomic E-state index is 12.9. The molecule has 3 heteroatoms. The molecule has 1 aliphatic heterocycles. The summed E-state index contributed by atoms with van der Waals surface area (Å²) in [6, 6.07) is 7.21. The van der Waals surface area contributed by atoms with Crippen LogP contribution in [0.3, 0.4) is 0 Å². The van der Waals surface area contributed by atoms with Crippen LogP contribution in [0.2, 0.25) is 0 Å². The molecule has 0 amide bonds. The Morgan fingerprint density at radius 1 is 1.39 bits per heavy atom. The van der Waals surface area contributed by atoms with Crippen molar-refractivity contribution in [3.8, 4) is 0 Å². The summed E-state index contributed by atoms with van der Waals surface area (Å²) in [7, 11) is 2.00. The Morgan fingerprint density at radius 2 is 2.11 bits per heavy atom. The first kappa shape index (κ1) is 13.5. The molecule has 1 saturated heterocycles. The molecule has 1 N–H and O–H groups in total. The maximum Gasteiger partial charge on any atom is 0.123 e. The average molecular weight is 251 g/mol. The molecule has 3 atom stereocenters. The zero-order chi connectivity index (χ0) is 13.0. The van der Waals surface area contributed by atoms with E-state index in [4.69, 9.17) is 4.74 Å². The lowest BCUT2D eigenvalue weighted by molar-refractivity contribution is 0.0783. The fraction of sp³-hybridized carbons (Fsp3) is 0.600. The Bertz CT molecular complexity index is 365. The standard InChI is InChI=1S/C15H22FNO/c1-3-15-13(8-9-18-15)14(17-2)10-11-4-6-12(16)7-5-11/h4-7,13-15,17H,3,8-10H2,1-2H3. The molecule has 1 aromatic rings. The quantitative estimate of drug-likeness (QED) is 0.869. The van der Waals surface area contributed by atoms with E-state index >= 15 is 0 Å². The molecule has 2 rings (SSSR count). The van der Waals surface area contributed by atoms with E-state index < -0.39 is 0 Å². The predicted octanol–water partition coefficient (Wildman–Crippen LogP) is 2.77. The molecular weight excluding hydrogens is 229 g/mol. The number of benzene rings is 1. The summed E-state index contributed by atoms with van der Waals surface area (Å²) in [5, 5.41) is 3.40. The lowest BCUT2D eigenvalue weighted by Crippen LogP contribution is -2.39. The summed E-state index contributed by atoms with van der Waals surface area (Å²) >= 11 is 0. The van der Waals surface area contributed by atoms with E-state index in [2.05, 4.69) is 12.2 Å². The molecule has 0 aromatic heterocycles. The summed E-state index contributed by atoms with van der Waals surface area (Å²) in [6.07, 6.45) is 3.47. The summed E-state index contributed by atoms with van der Waals surface area (Å²) < 4.78 is 18.6. The molecule has 1 fully saturated rings. The second kappa shape index (κ2) is 6.30. The fourth-order valence-corrected chi connectivity index (χ4v) is 2.89. The van der Waals surface area contributed by atoms with Crippen LogP contribution < -0.4 is 5.32 Å². The highest BCUT2D eigenvalue weighted by molar-refractivity contribution is 5.17. The smallest absolute Gasteiger partial charge is 0.123 e. The molecule has 3 unspecified atom stereocenters. The number of halogens is 1. The Balaban J connectivity index is 2.02. The van der Waals surface area contributed by atoms with Gasteiger partial charge in [-0.1, -0.05) is 19.1 Å². The van der Waals surface area contributed by atoms with Crippen molar-refractivity contribution in [3.63, 3.8) is 0 Å². The van der Waals surface area contributed by atoms with Crippen molar-refractivity contribution in [3.05, 3.63) is 35.6 Å². The van der Waals surface area contributed by atoms with Gasteiger partial charge >= 0.3 is 0 Å². The molecule has 0 aliphatic carbocycles. The molecule has 1 aromatic carbocycles. The fourth-order valence-electron chi connectivity index (χ4n) is 2.89. The van der Waals surface area contributed by atoms with E-state index in [0.29, 0.717) is 18.1 Å². The van der Waals surface area contributed by atoms with E-state index in [9.17, 15) is 4.39 Å². The van der Waals surface area contributed by atoms with E-state index in [1.807, 2.05) is 19.2 Å². The van der Waals surface area contributed by atoms with Gasteiger partial charge in [-0.15, -0.1) is 0 Å². The summed E-state index contributed by atoms with van der Waals surface area (Å²) in [6.45, 7) is 3.04. The molecule has 0 spiro atoms. The van der Waals surface area contributed by atoms with Gasteiger partial charge < -0.3 is 10.1 Å². The minimum Gasteiger partial charge on any atom is -0.378 e. The third kappa shape index (κ3) is 3.09. The highest BCUT2D eigenvalue weighted by atomic mass is 19.1. The molecule has 0 radical (unpaired) electrons. The molecule has 0 saturated carbocycles. The Hall–Kier alpha value is -0.930. The van der Waals surface area contributed by atoms with Crippen LogP contribution in [0.1, 0.15) is 25.3 Å². The van der Waals surface area contributed by atoms with Crippen LogP contribution in [0.4, 0.5) is 4.39 Å². The van der Waals surface area contributed by atoms with E-state index in [-0.39, 0.29) is 5.82 Å². The highest BCUT2D eigenvalue weighted by Crippen LogP contribution is 2.28. The normalized spacial score (nSPS) is 25.3. The summed E-state index contributed by atoms with van der Waals surface area (Å²) in [5.74, 6) is 0.389. The largest absolute Gasteiger partial charge is 0.378 e. The van der Waals surface area contributed by atoms with Gasteiger partial charge in [-0.25, -0.2) is 4.39 Å². The third-order valence-electron chi connectivity index (χ3n) is 3.92. The van der Waals surface area contributed by atoms with E-state index in [1.54, 1.807) is 0 Å². The zero-order valence-electron chi connectivity index (χ0n) is 11.2. The molecule has 0 bridgehead atoms. The molecule has 2 nitrogen and oxygen atoms in total. The minimum absolute atomic E-state index is 0.171. The Kier molecular flexibility index (Phi) is 4.72. The third-order valence-corrected chi connectivity index (χ3v) is 3.92. The van der Waals surface area contributed by atoms with Crippen LogP contribution in [0.15, 0.2) is 24.3 Å². The van der Waals surface area contributed by atoms with Gasteiger partial charge in [0.2, 0.25) is 0 Å². The zero-order valence-corrected chi connectivity index (χ0v) is 11.2. The van der Waals surface area contributed by atoms with Gasteiger partial charge in [0, 0.05) is 18.6 Å². The van der Waals surface area contributed by atoms with Crippen molar-refractivity contribution in [2.24, 2.45) is 5.92 Å². The van der Waals surface area contributed by atoms with Gasteiger partial charge in [-0.3, -0.25) is 0 Å². The van der Waals surface area contributed by atoms with Crippen molar-refractivity contribution >= 4 is 0 Å². The lowest BCUT2D eigenvalue weighted by atomic mass is 9.87. The monoisotopic (exact) mass is 251 g/mol. The molecule has 1 aliphatic rings. The molecular formula is C15H22FNO. The maximum absolute atomic E-state index is 12.9.